The molecule has 2 aliphatic rings. The number of nitrogens with zero attached hydrogens (tertiary/aromatic N) is 2. The molecular weight excluding hydrogens is 587 g/mol. The van der Waals surface area contributed by atoms with Crippen molar-refractivity contribution in [2.45, 2.75) is 78.9 Å². The third kappa shape index (κ3) is 8.55. The first-order chi connectivity index (χ1) is 22.0. The highest BCUT2D eigenvalue weighted by Crippen LogP contribution is 2.33. The van der Waals surface area contributed by atoms with Crippen LogP contribution in [0.2, 0.25) is 0 Å². The summed E-state index contributed by atoms with van der Waals surface area (Å²) in [7, 11) is 0. The lowest BCUT2D eigenvalue weighted by Gasteiger charge is -2.39. The van der Waals surface area contributed by atoms with Crippen LogP contribution in [0.4, 0.5) is 4.39 Å². The largest absolute Gasteiger partial charge is 0.481 e. The van der Waals surface area contributed by atoms with Crippen molar-refractivity contribution in [2.24, 2.45) is 0 Å². The van der Waals surface area contributed by atoms with Crippen molar-refractivity contribution in [1.82, 2.24) is 20.5 Å². The summed E-state index contributed by atoms with van der Waals surface area (Å²) in [5, 5.41) is 14.4. The van der Waals surface area contributed by atoms with Gasteiger partial charge in [0.15, 0.2) is 0 Å². The number of amides is 2. The zero-order valence-electron chi connectivity index (χ0n) is 27.4. The third-order valence-electron chi connectivity index (χ3n) is 8.55. The van der Waals surface area contributed by atoms with E-state index in [0.717, 1.165) is 85.6 Å². The molecule has 0 spiro atoms. The second-order valence-electron chi connectivity index (χ2n) is 12.2. The maximum atomic E-state index is 14.6. The fraction of sp³-hybridized carbons (Fsp3) is 0.444. The molecule has 1 fully saturated rings. The van der Waals surface area contributed by atoms with Crippen LogP contribution in [0.15, 0.2) is 36.4 Å². The molecule has 3 N–H and O–H groups in total. The van der Waals surface area contributed by atoms with Crippen LogP contribution >= 0.6 is 0 Å². The van der Waals surface area contributed by atoms with Gasteiger partial charge in [-0.15, -0.1) is 0 Å². The molecule has 0 radical (unpaired) electrons. The van der Waals surface area contributed by atoms with Gasteiger partial charge < -0.3 is 20.5 Å². The Morgan fingerprint density at radius 2 is 1.83 bits per heavy atom. The Kier molecular flexibility index (Phi) is 12.0. The van der Waals surface area contributed by atoms with E-state index in [1.807, 2.05) is 26.8 Å². The van der Waals surface area contributed by atoms with Crippen molar-refractivity contribution >= 4 is 18.3 Å². The second-order valence-corrected chi connectivity index (χ2v) is 12.2. The van der Waals surface area contributed by atoms with Gasteiger partial charge in [0.2, 0.25) is 6.41 Å². The van der Waals surface area contributed by atoms with Gasteiger partial charge in [-0.1, -0.05) is 37.1 Å². The summed E-state index contributed by atoms with van der Waals surface area (Å²) >= 11 is 0. The molecule has 46 heavy (non-hydrogen) atoms. The zero-order valence-corrected chi connectivity index (χ0v) is 27.4. The monoisotopic (exact) mass is 632 g/mol. The van der Waals surface area contributed by atoms with Crippen LogP contribution in [0.1, 0.15) is 81.8 Å². The molecule has 2 aliphatic heterocycles. The number of ether oxygens (including phenoxy) is 1. The van der Waals surface area contributed by atoms with Crippen LogP contribution in [0.5, 0.6) is 0 Å². The predicted octanol–water partition coefficient (Wildman–Crippen LogP) is 5.36. The summed E-state index contributed by atoms with van der Waals surface area (Å²) in [5.74, 6) is -1.66. The van der Waals surface area contributed by atoms with E-state index < -0.39 is 17.8 Å². The van der Waals surface area contributed by atoms with E-state index >= 15 is 0 Å². The Morgan fingerprint density at radius 3 is 2.43 bits per heavy atom. The molecule has 246 valence electrons. The zero-order chi connectivity index (χ0) is 33.4. The number of hydrogen-bond acceptors (Lipinski definition) is 6. The van der Waals surface area contributed by atoms with E-state index in [9.17, 15) is 18.8 Å². The SMILES string of the molecule is CCCCNC(=O)c1ccc2c(n1)CN(C1COC1)CC2.Cc1cc(C)c(-c2cc(C)c(F)c(C(CC(=O)O)NC=O)c2)c(C)c1. The highest BCUT2D eigenvalue weighted by molar-refractivity contribution is 5.92. The van der Waals surface area contributed by atoms with Crippen LogP contribution in [0.3, 0.4) is 0 Å². The molecule has 9 nitrogen and oxygen atoms in total. The number of aromatic nitrogens is 1. The number of hydrogen-bond donors (Lipinski definition) is 3. The lowest BCUT2D eigenvalue weighted by Crippen LogP contribution is -2.50. The van der Waals surface area contributed by atoms with Gasteiger partial charge in [-0.25, -0.2) is 9.37 Å². The fourth-order valence-electron chi connectivity index (χ4n) is 6.12. The number of pyridine rings is 1. The standard InChI is InChI=1S/C20H22FNO3.C16H23N3O2/c1-11-5-12(2)19(13(3)6-11)15-7-14(4)20(21)16(8-15)17(22-10-23)9-18(24)25;1-2-3-7-17-16(20)14-5-4-12-6-8-19(9-15(12)18-14)13-10-21-11-13/h5-8,10,17H,9H2,1-4H3,(H,22,23)(H,24,25);4-5,13H,2-3,6-11H2,1H3,(H,17,20). The molecule has 1 saturated heterocycles. The van der Waals surface area contributed by atoms with E-state index in [0.29, 0.717) is 23.7 Å². The number of fused-ring (bicyclic) bond motifs is 1. The lowest BCUT2D eigenvalue weighted by molar-refractivity contribution is -0.137. The van der Waals surface area contributed by atoms with Crippen molar-refractivity contribution in [2.75, 3.05) is 26.3 Å². The third-order valence-corrected chi connectivity index (χ3v) is 8.55. The minimum atomic E-state index is -1.11. The number of aryl methyl sites for hydroxylation is 4. The molecule has 1 aromatic heterocycles. The number of carbonyl (C=O) groups is 3. The van der Waals surface area contributed by atoms with Gasteiger partial charge >= 0.3 is 5.97 Å². The Bertz CT molecular complexity index is 1550. The molecule has 5 rings (SSSR count). The Labute approximate surface area is 270 Å². The van der Waals surface area contributed by atoms with Gasteiger partial charge in [0.1, 0.15) is 11.5 Å². The van der Waals surface area contributed by atoms with Crippen molar-refractivity contribution < 1.29 is 28.6 Å². The van der Waals surface area contributed by atoms with Crippen molar-refractivity contribution in [3.05, 3.63) is 87.0 Å². The van der Waals surface area contributed by atoms with Gasteiger partial charge in [-0.05, 0) is 92.1 Å². The molecule has 3 aromatic rings. The van der Waals surface area contributed by atoms with Gasteiger partial charge in [0.05, 0.1) is 37.4 Å². The quantitative estimate of drug-likeness (QED) is 0.192. The topological polar surface area (TPSA) is 121 Å². The molecule has 2 aromatic carbocycles. The molecule has 1 unspecified atom stereocenters. The van der Waals surface area contributed by atoms with E-state index in [4.69, 9.17) is 9.84 Å². The smallest absolute Gasteiger partial charge is 0.305 e. The normalized spacial score (nSPS) is 15.1. The summed E-state index contributed by atoms with van der Waals surface area (Å²) in [6.07, 6.45) is 3.11. The van der Waals surface area contributed by atoms with Crippen molar-refractivity contribution in [3.8, 4) is 11.1 Å². The second kappa shape index (κ2) is 15.9. The van der Waals surface area contributed by atoms with Gasteiger partial charge in [-0.3, -0.25) is 19.3 Å². The highest BCUT2D eigenvalue weighted by Gasteiger charge is 2.29. The summed E-state index contributed by atoms with van der Waals surface area (Å²) in [4.78, 5) is 41.0. The number of carbonyl (C=O) groups excluding carboxylic acids is 2. The number of carboxylic acids is 1. The van der Waals surface area contributed by atoms with E-state index in [2.05, 4.69) is 45.6 Å². The van der Waals surface area contributed by atoms with Gasteiger partial charge in [-0.2, -0.15) is 0 Å². The fourth-order valence-corrected chi connectivity index (χ4v) is 6.12. The molecule has 0 aliphatic carbocycles. The number of aliphatic carboxylic acids is 1. The number of halogens is 1. The Morgan fingerprint density at radius 1 is 1.11 bits per heavy atom. The summed E-state index contributed by atoms with van der Waals surface area (Å²) in [5.41, 5.74) is 8.54. The first-order valence-corrected chi connectivity index (χ1v) is 15.9. The van der Waals surface area contributed by atoms with Gasteiger partial charge in [0.25, 0.3) is 5.91 Å². The molecular formula is C36H45FN4O5. The van der Waals surface area contributed by atoms with E-state index in [-0.39, 0.29) is 17.9 Å². The van der Waals surface area contributed by atoms with Crippen molar-refractivity contribution in [3.63, 3.8) is 0 Å². The highest BCUT2D eigenvalue weighted by atomic mass is 19.1. The van der Waals surface area contributed by atoms with Crippen LogP contribution in [0.25, 0.3) is 11.1 Å². The van der Waals surface area contributed by atoms with Crippen LogP contribution < -0.4 is 10.6 Å². The van der Waals surface area contributed by atoms with E-state index in [1.165, 1.54) is 5.56 Å². The van der Waals surface area contributed by atoms with Gasteiger partial charge in [0, 0.05) is 25.2 Å². The first-order valence-electron chi connectivity index (χ1n) is 15.9. The number of rotatable bonds is 11. The average Bonchev–Trinajstić information content (AvgIpc) is 2.97. The lowest BCUT2D eigenvalue weighted by atomic mass is 9.89. The minimum absolute atomic E-state index is 0.0599. The molecule has 3 heterocycles. The number of carboxylic acid groups (broad SMARTS) is 1. The summed E-state index contributed by atoms with van der Waals surface area (Å²) < 4.78 is 19.9. The molecule has 0 bridgehead atoms. The first kappa shape index (κ1) is 34.7. The number of benzene rings is 2. The van der Waals surface area contributed by atoms with Crippen LogP contribution in [-0.2, 0) is 27.3 Å². The van der Waals surface area contributed by atoms with Crippen molar-refractivity contribution in [1.29, 1.82) is 0 Å². The van der Waals surface area contributed by atoms with E-state index in [1.54, 1.807) is 19.1 Å². The summed E-state index contributed by atoms with van der Waals surface area (Å²) in [6.45, 7) is 14.0. The molecule has 2 amide bonds. The van der Waals surface area contributed by atoms with Crippen LogP contribution in [-0.4, -0.2) is 65.6 Å². The summed E-state index contributed by atoms with van der Waals surface area (Å²) in [6, 6.07) is 11.0. The Balaban J connectivity index is 0.000000211. The molecule has 0 saturated carbocycles. The average molecular weight is 633 g/mol. The predicted molar refractivity (Wildman–Crippen MR) is 175 cm³/mol. The Hall–Kier alpha value is -4.15. The number of nitrogens with one attached hydrogen (secondary N) is 2. The molecule has 1 atom stereocenters. The number of unbranched alkanes of at least 4 members (excludes halogenated alkanes) is 1. The maximum absolute atomic E-state index is 14.6. The minimum Gasteiger partial charge on any atom is -0.481 e. The van der Waals surface area contributed by atoms with Crippen LogP contribution in [0, 0.1) is 33.5 Å². The maximum Gasteiger partial charge on any atom is 0.305 e. The molecule has 10 heteroatoms.